The lowest BCUT2D eigenvalue weighted by Crippen LogP contribution is -2.56. The zero-order valence-corrected chi connectivity index (χ0v) is 18.6. The van der Waals surface area contributed by atoms with Crippen molar-refractivity contribution in [3.8, 4) is 0 Å². The van der Waals surface area contributed by atoms with E-state index >= 15 is 0 Å². The quantitative estimate of drug-likeness (QED) is 0.471. The Morgan fingerprint density at radius 1 is 1.38 bits per heavy atom. The summed E-state index contributed by atoms with van der Waals surface area (Å²) in [5.41, 5.74) is 0.679. The summed E-state index contributed by atoms with van der Waals surface area (Å²) in [6.07, 6.45) is 3.48. The number of ether oxygens (including phenoxy) is 4. The lowest BCUT2D eigenvalue weighted by Gasteiger charge is -2.42. The van der Waals surface area contributed by atoms with Gasteiger partial charge in [-0.3, -0.25) is 0 Å². The number of hydrogen-bond donors (Lipinski definition) is 2. The molecule has 2 saturated heterocycles. The number of aliphatic hydroxyl groups is 1. The molecule has 7 nitrogen and oxygen atoms in total. The minimum atomic E-state index is -0.515. The highest BCUT2D eigenvalue weighted by Gasteiger charge is 2.72. The number of carbonyl (C=O) groups excluding carboxylic acids is 1. The number of carbonyl (C=O) groups is 1. The molecule has 2 aliphatic heterocycles. The van der Waals surface area contributed by atoms with Crippen LogP contribution >= 0.6 is 0 Å². The molecule has 0 aromatic carbocycles. The fraction of sp³-hybridized carbons (Fsp3) is 0.864. The van der Waals surface area contributed by atoms with Crippen molar-refractivity contribution in [2.24, 2.45) is 11.8 Å². The molecule has 1 aliphatic carbocycles. The highest BCUT2D eigenvalue weighted by atomic mass is 16.6. The monoisotopic (exact) mass is 411 g/mol. The van der Waals surface area contributed by atoms with Gasteiger partial charge < -0.3 is 29.4 Å². The molecule has 1 amide bonds. The zero-order valence-electron chi connectivity index (χ0n) is 18.6. The molecule has 1 saturated carbocycles. The van der Waals surface area contributed by atoms with Gasteiger partial charge >= 0.3 is 6.09 Å². The van der Waals surface area contributed by atoms with Gasteiger partial charge in [-0.05, 0) is 46.0 Å². The summed E-state index contributed by atoms with van der Waals surface area (Å²) in [7, 11) is 1.66. The van der Waals surface area contributed by atoms with Crippen molar-refractivity contribution >= 4 is 6.09 Å². The molecule has 0 aromatic rings. The van der Waals surface area contributed by atoms with E-state index in [1.807, 2.05) is 13.8 Å². The van der Waals surface area contributed by atoms with Crippen LogP contribution in [0, 0.1) is 11.8 Å². The van der Waals surface area contributed by atoms with Crippen LogP contribution in [0.25, 0.3) is 0 Å². The van der Waals surface area contributed by atoms with Crippen molar-refractivity contribution in [1.82, 2.24) is 5.32 Å². The van der Waals surface area contributed by atoms with E-state index < -0.39 is 6.09 Å². The van der Waals surface area contributed by atoms with Gasteiger partial charge in [0.25, 0.3) is 0 Å². The van der Waals surface area contributed by atoms with Gasteiger partial charge in [-0.1, -0.05) is 25.5 Å². The minimum absolute atomic E-state index is 0.000787. The molecule has 0 aromatic heterocycles. The van der Waals surface area contributed by atoms with Gasteiger partial charge in [0.15, 0.2) is 0 Å². The fourth-order valence-corrected chi connectivity index (χ4v) is 4.82. The largest absolute Gasteiger partial charge is 0.443 e. The maximum absolute atomic E-state index is 12.5. The normalized spacial score (nSPS) is 39.2. The van der Waals surface area contributed by atoms with Gasteiger partial charge in [-0.2, -0.15) is 0 Å². The predicted molar refractivity (Wildman–Crippen MR) is 109 cm³/mol. The lowest BCUT2D eigenvalue weighted by molar-refractivity contribution is -0.118. The Labute approximate surface area is 174 Å². The summed E-state index contributed by atoms with van der Waals surface area (Å²) < 4.78 is 23.8. The number of amides is 1. The predicted octanol–water partition coefficient (Wildman–Crippen LogP) is 2.81. The van der Waals surface area contributed by atoms with Gasteiger partial charge in [-0.15, -0.1) is 0 Å². The third-order valence-electron chi connectivity index (χ3n) is 6.80. The van der Waals surface area contributed by atoms with E-state index in [0.717, 1.165) is 12.8 Å². The van der Waals surface area contributed by atoms with Crippen LogP contribution in [0.5, 0.6) is 0 Å². The SMILES string of the molecule is COC1C(OC(=O)N[C@@H](CO)C(C)C)CC[C@]2(CO2)C1C1(C)O[C@@H]1CC=C(C)C. The summed E-state index contributed by atoms with van der Waals surface area (Å²) in [5.74, 6) is 0.114. The van der Waals surface area contributed by atoms with Crippen molar-refractivity contribution in [3.63, 3.8) is 0 Å². The summed E-state index contributed by atoms with van der Waals surface area (Å²) in [4.78, 5) is 12.5. The Balaban J connectivity index is 1.70. The molecule has 0 radical (unpaired) electrons. The highest BCUT2D eigenvalue weighted by Crippen LogP contribution is 2.59. The molecule has 2 heterocycles. The maximum Gasteiger partial charge on any atom is 0.407 e. The first-order valence-electron chi connectivity index (χ1n) is 10.7. The van der Waals surface area contributed by atoms with E-state index in [9.17, 15) is 9.90 Å². The van der Waals surface area contributed by atoms with Gasteiger partial charge in [0.1, 0.15) is 23.4 Å². The van der Waals surface area contributed by atoms with Crippen LogP contribution in [0.3, 0.4) is 0 Å². The van der Waals surface area contributed by atoms with Crippen LogP contribution < -0.4 is 5.32 Å². The molecular weight excluding hydrogens is 374 g/mol. The van der Waals surface area contributed by atoms with E-state index in [0.29, 0.717) is 13.0 Å². The molecule has 7 atom stereocenters. The van der Waals surface area contributed by atoms with Crippen LogP contribution in [0.1, 0.15) is 53.9 Å². The Bertz CT molecular complexity index is 627. The Kier molecular flexibility index (Phi) is 6.63. The van der Waals surface area contributed by atoms with Crippen molar-refractivity contribution < 1.29 is 28.8 Å². The summed E-state index contributed by atoms with van der Waals surface area (Å²) in [6.45, 7) is 10.8. The van der Waals surface area contributed by atoms with Crippen molar-refractivity contribution in [2.75, 3.05) is 20.3 Å². The number of epoxide rings is 2. The fourth-order valence-electron chi connectivity index (χ4n) is 4.82. The van der Waals surface area contributed by atoms with E-state index in [2.05, 4.69) is 32.2 Å². The molecule has 3 rings (SSSR count). The minimum Gasteiger partial charge on any atom is -0.443 e. The van der Waals surface area contributed by atoms with Gasteiger partial charge in [0.2, 0.25) is 0 Å². The van der Waals surface area contributed by atoms with Crippen LogP contribution in [0.2, 0.25) is 0 Å². The van der Waals surface area contributed by atoms with Crippen LogP contribution in [0.15, 0.2) is 11.6 Å². The molecule has 0 bridgehead atoms. The number of aliphatic hydroxyl groups excluding tert-OH is 1. The molecule has 7 heteroatoms. The topological polar surface area (TPSA) is 92.9 Å². The first-order valence-corrected chi connectivity index (χ1v) is 10.7. The summed E-state index contributed by atoms with van der Waals surface area (Å²) in [5, 5.41) is 12.2. The Morgan fingerprint density at radius 3 is 2.59 bits per heavy atom. The van der Waals surface area contributed by atoms with E-state index in [1.54, 1.807) is 7.11 Å². The zero-order chi connectivity index (χ0) is 21.4. The van der Waals surface area contributed by atoms with E-state index in [4.69, 9.17) is 18.9 Å². The number of rotatable bonds is 8. The smallest absolute Gasteiger partial charge is 0.407 e. The third-order valence-corrected chi connectivity index (χ3v) is 6.80. The second-order valence-corrected chi connectivity index (χ2v) is 9.50. The maximum atomic E-state index is 12.5. The summed E-state index contributed by atoms with van der Waals surface area (Å²) >= 11 is 0. The molecular formula is C22H37NO6. The first kappa shape index (κ1) is 22.5. The number of nitrogens with one attached hydrogen (secondary N) is 1. The molecule has 2 N–H and O–H groups in total. The lowest BCUT2D eigenvalue weighted by atomic mass is 9.68. The van der Waals surface area contributed by atoms with Crippen LogP contribution in [-0.4, -0.2) is 67.1 Å². The standard InChI is InChI=1S/C22H37NO6/c1-13(2)7-8-17-21(5,29-17)19-18(26-6)16(9-10-22(19)12-27-22)28-20(25)23-15(11-24)14(3)4/h7,14-19,24H,8-12H2,1-6H3,(H,23,25)/t15-,16?,17+,18?,19?,21?,22-/m0/s1. The average Bonchev–Trinajstić information content (AvgIpc) is 3.57. The van der Waals surface area contributed by atoms with E-state index in [-0.39, 0.29) is 54.0 Å². The van der Waals surface area contributed by atoms with Crippen molar-refractivity contribution in [1.29, 1.82) is 0 Å². The van der Waals surface area contributed by atoms with Crippen LogP contribution in [-0.2, 0) is 18.9 Å². The Morgan fingerprint density at radius 2 is 2.07 bits per heavy atom. The van der Waals surface area contributed by atoms with Gasteiger partial charge in [-0.25, -0.2) is 4.79 Å². The third kappa shape index (κ3) is 4.63. The van der Waals surface area contributed by atoms with Crippen molar-refractivity contribution in [2.45, 2.75) is 89.4 Å². The summed E-state index contributed by atoms with van der Waals surface area (Å²) in [6, 6.07) is -0.335. The number of hydrogen-bond acceptors (Lipinski definition) is 6. The van der Waals surface area contributed by atoms with Gasteiger partial charge in [0.05, 0.1) is 31.3 Å². The molecule has 3 fully saturated rings. The van der Waals surface area contributed by atoms with E-state index in [1.165, 1.54) is 5.57 Å². The van der Waals surface area contributed by atoms with Gasteiger partial charge in [0, 0.05) is 7.11 Å². The number of methoxy groups -OCH3 is 1. The first-order chi connectivity index (χ1) is 13.7. The second kappa shape index (κ2) is 8.53. The highest BCUT2D eigenvalue weighted by molar-refractivity contribution is 5.68. The number of allylic oxidation sites excluding steroid dienone is 1. The number of alkyl carbamates (subject to hydrolysis) is 1. The van der Waals surface area contributed by atoms with Crippen molar-refractivity contribution in [3.05, 3.63) is 11.6 Å². The molecule has 166 valence electrons. The molecule has 3 aliphatic rings. The van der Waals surface area contributed by atoms with Crippen LogP contribution in [0.4, 0.5) is 4.79 Å². The second-order valence-electron chi connectivity index (χ2n) is 9.50. The molecule has 4 unspecified atom stereocenters. The molecule has 1 spiro atoms. The Hall–Kier alpha value is -1.15. The molecule has 29 heavy (non-hydrogen) atoms. The average molecular weight is 412 g/mol.